The van der Waals surface area contributed by atoms with Crippen LogP contribution in [0.5, 0.6) is 5.75 Å². The topological polar surface area (TPSA) is 73.9 Å². The molecule has 1 aromatic rings. The van der Waals surface area contributed by atoms with Gasteiger partial charge in [0.25, 0.3) is 5.91 Å². The van der Waals surface area contributed by atoms with Crippen LogP contribution in [0.1, 0.15) is 71.2 Å². The van der Waals surface area contributed by atoms with E-state index in [-0.39, 0.29) is 18.6 Å². The molecule has 0 heterocycles. The molecule has 0 radical (unpaired) electrons. The van der Waals surface area contributed by atoms with E-state index in [0.717, 1.165) is 12.8 Å². The summed E-state index contributed by atoms with van der Waals surface area (Å²) in [4.78, 5) is 25.0. The second kappa shape index (κ2) is 10.9. The number of amides is 1. The molecule has 0 spiro atoms. The molecule has 1 N–H and O–H groups in total. The van der Waals surface area contributed by atoms with Crippen LogP contribution < -0.4 is 10.1 Å². The van der Waals surface area contributed by atoms with Gasteiger partial charge >= 0.3 is 5.97 Å². The minimum atomic E-state index is -0.925. The molecule has 1 amide bonds. The molecule has 0 bridgehead atoms. The summed E-state index contributed by atoms with van der Waals surface area (Å²) in [5.41, 5.74) is -0.131. The Morgan fingerprint density at radius 2 is 1.89 bits per heavy atom. The Balaban J connectivity index is 3.09. The quantitative estimate of drug-likeness (QED) is 0.570. The van der Waals surface area contributed by atoms with Gasteiger partial charge < -0.3 is 19.5 Å². The number of ether oxygens (including phenoxy) is 3. The lowest BCUT2D eigenvalue weighted by Gasteiger charge is -2.27. The van der Waals surface area contributed by atoms with Gasteiger partial charge in [0.05, 0.1) is 12.7 Å². The first-order chi connectivity index (χ1) is 12.8. The largest absolute Gasteiger partial charge is 0.490 e. The van der Waals surface area contributed by atoms with Crippen molar-refractivity contribution in [3.8, 4) is 5.75 Å². The van der Waals surface area contributed by atoms with Crippen LogP contribution >= 0.6 is 0 Å². The van der Waals surface area contributed by atoms with Crippen LogP contribution in [-0.4, -0.2) is 36.8 Å². The van der Waals surface area contributed by atoms with Crippen molar-refractivity contribution in [1.29, 1.82) is 0 Å². The van der Waals surface area contributed by atoms with E-state index < -0.39 is 11.6 Å². The maximum absolute atomic E-state index is 12.7. The third-order valence-electron chi connectivity index (χ3n) is 4.42. The molecule has 0 aliphatic heterocycles. The number of esters is 1. The molecule has 0 saturated carbocycles. The highest BCUT2D eigenvalue weighted by Crippen LogP contribution is 2.27. The fraction of sp³-hybridized carbons (Fsp3) is 0.619. The third kappa shape index (κ3) is 6.54. The van der Waals surface area contributed by atoms with E-state index in [1.165, 1.54) is 0 Å². The average molecular weight is 379 g/mol. The van der Waals surface area contributed by atoms with Crippen molar-refractivity contribution in [2.45, 2.75) is 72.5 Å². The summed E-state index contributed by atoms with van der Waals surface area (Å²) in [6, 6.07) is 4.99. The Morgan fingerprint density at radius 1 is 1.19 bits per heavy atom. The van der Waals surface area contributed by atoms with Crippen LogP contribution in [0.25, 0.3) is 0 Å². The Hall–Kier alpha value is -2.08. The Labute approximate surface area is 162 Å². The van der Waals surface area contributed by atoms with Crippen LogP contribution in [0.2, 0.25) is 0 Å². The molecule has 6 heteroatoms. The van der Waals surface area contributed by atoms with Gasteiger partial charge in [-0.2, -0.15) is 0 Å². The number of carbonyl (C=O) groups excluding carboxylic acids is 2. The lowest BCUT2D eigenvalue weighted by Crippen LogP contribution is -2.42. The molecule has 0 saturated heterocycles. The lowest BCUT2D eigenvalue weighted by molar-refractivity contribution is -0.139. The molecular formula is C21H33NO5. The molecule has 0 aromatic heterocycles. The van der Waals surface area contributed by atoms with Gasteiger partial charge in [-0.1, -0.05) is 20.8 Å². The molecule has 152 valence electrons. The number of carbonyl (C=O) groups is 2. The normalized spacial score (nSPS) is 14.1. The lowest BCUT2D eigenvalue weighted by atomic mass is 10.0. The smallest absolute Gasteiger partial charge is 0.341 e. The second-order valence-corrected chi connectivity index (χ2v) is 6.66. The highest BCUT2D eigenvalue weighted by molar-refractivity contribution is 5.99. The minimum absolute atomic E-state index is 0.0376. The minimum Gasteiger partial charge on any atom is -0.490 e. The van der Waals surface area contributed by atoms with Gasteiger partial charge in [0, 0.05) is 12.3 Å². The van der Waals surface area contributed by atoms with Crippen molar-refractivity contribution in [2.24, 2.45) is 0 Å². The number of benzene rings is 1. The van der Waals surface area contributed by atoms with E-state index in [1.54, 1.807) is 32.0 Å². The van der Waals surface area contributed by atoms with Gasteiger partial charge in [-0.25, -0.2) is 4.79 Å². The summed E-state index contributed by atoms with van der Waals surface area (Å²) in [6.07, 6.45) is 2.14. The predicted molar refractivity (Wildman–Crippen MR) is 106 cm³/mol. The Morgan fingerprint density at radius 3 is 2.44 bits per heavy atom. The zero-order chi connectivity index (χ0) is 20.4. The maximum atomic E-state index is 12.7. The summed E-state index contributed by atoms with van der Waals surface area (Å²) in [7, 11) is 0. The van der Waals surface area contributed by atoms with Crippen LogP contribution in [0.15, 0.2) is 18.2 Å². The SMILES string of the molecule is CCCO[C@](C)(CC)C(=O)Nc1ccc(O[C@@H](C)CC)c(C(=O)OCC)c1. The average Bonchev–Trinajstić information content (AvgIpc) is 2.67. The number of nitrogens with one attached hydrogen (secondary N) is 1. The molecule has 0 unspecified atom stereocenters. The fourth-order valence-corrected chi connectivity index (χ4v) is 2.30. The third-order valence-corrected chi connectivity index (χ3v) is 4.42. The molecule has 0 aliphatic rings. The summed E-state index contributed by atoms with van der Waals surface area (Å²) in [6.45, 7) is 12.1. The number of hydrogen-bond acceptors (Lipinski definition) is 5. The highest BCUT2D eigenvalue weighted by Gasteiger charge is 2.32. The van der Waals surface area contributed by atoms with Crippen molar-refractivity contribution in [3.63, 3.8) is 0 Å². The monoisotopic (exact) mass is 379 g/mol. The molecular weight excluding hydrogens is 346 g/mol. The van der Waals surface area contributed by atoms with Gasteiger partial charge in [-0.3, -0.25) is 4.79 Å². The van der Waals surface area contributed by atoms with Crippen LogP contribution in [0, 0.1) is 0 Å². The van der Waals surface area contributed by atoms with E-state index in [1.807, 2.05) is 27.7 Å². The van der Waals surface area contributed by atoms with Crippen molar-refractivity contribution in [1.82, 2.24) is 0 Å². The van der Waals surface area contributed by atoms with Crippen molar-refractivity contribution >= 4 is 17.6 Å². The van der Waals surface area contributed by atoms with E-state index >= 15 is 0 Å². The first kappa shape index (κ1) is 23.0. The fourth-order valence-electron chi connectivity index (χ4n) is 2.30. The first-order valence-electron chi connectivity index (χ1n) is 9.74. The van der Waals surface area contributed by atoms with E-state index in [9.17, 15) is 9.59 Å². The molecule has 1 aromatic carbocycles. The zero-order valence-electron chi connectivity index (χ0n) is 17.4. The second-order valence-electron chi connectivity index (χ2n) is 6.66. The summed E-state index contributed by atoms with van der Waals surface area (Å²) in [5, 5.41) is 2.85. The van der Waals surface area contributed by atoms with Gasteiger partial charge in [-0.15, -0.1) is 0 Å². The molecule has 0 aliphatic carbocycles. The molecule has 1 rings (SSSR count). The Bertz CT molecular complexity index is 631. The predicted octanol–water partition coefficient (Wildman–Crippen LogP) is 4.57. The van der Waals surface area contributed by atoms with Crippen LogP contribution in [-0.2, 0) is 14.3 Å². The Kier molecular flexibility index (Phi) is 9.29. The summed E-state index contributed by atoms with van der Waals surface area (Å²) >= 11 is 0. The van der Waals surface area contributed by atoms with Gasteiger partial charge in [0.2, 0.25) is 0 Å². The summed E-state index contributed by atoms with van der Waals surface area (Å²) in [5.74, 6) is -0.280. The first-order valence-corrected chi connectivity index (χ1v) is 9.74. The van der Waals surface area contributed by atoms with E-state index in [0.29, 0.717) is 30.0 Å². The highest BCUT2D eigenvalue weighted by atomic mass is 16.5. The molecule has 2 atom stereocenters. The molecule has 0 fully saturated rings. The van der Waals surface area contributed by atoms with Gasteiger partial charge in [0.1, 0.15) is 16.9 Å². The standard InChI is InChI=1S/C21H33NO5/c1-7-13-26-21(6,9-3)20(24)22-16-11-12-18(27-15(5)8-2)17(14-16)19(23)25-10-4/h11-12,14-15H,7-10,13H2,1-6H3,(H,22,24)/t15-,21+/m0/s1. The number of anilines is 1. The summed E-state index contributed by atoms with van der Waals surface area (Å²) < 4.78 is 16.7. The molecule has 6 nitrogen and oxygen atoms in total. The van der Waals surface area contributed by atoms with Crippen LogP contribution in [0.3, 0.4) is 0 Å². The van der Waals surface area contributed by atoms with Gasteiger partial charge in [-0.05, 0) is 58.2 Å². The van der Waals surface area contributed by atoms with Crippen molar-refractivity contribution < 1.29 is 23.8 Å². The van der Waals surface area contributed by atoms with E-state index in [4.69, 9.17) is 14.2 Å². The zero-order valence-corrected chi connectivity index (χ0v) is 17.4. The number of rotatable bonds is 11. The van der Waals surface area contributed by atoms with Crippen molar-refractivity contribution in [2.75, 3.05) is 18.5 Å². The van der Waals surface area contributed by atoms with Crippen molar-refractivity contribution in [3.05, 3.63) is 23.8 Å². The van der Waals surface area contributed by atoms with Crippen LogP contribution in [0.4, 0.5) is 5.69 Å². The molecule has 27 heavy (non-hydrogen) atoms. The maximum Gasteiger partial charge on any atom is 0.341 e. The van der Waals surface area contributed by atoms with Gasteiger partial charge in [0.15, 0.2) is 0 Å². The number of hydrogen-bond donors (Lipinski definition) is 1. The van der Waals surface area contributed by atoms with E-state index in [2.05, 4.69) is 5.32 Å².